The molecule has 0 unspecified atom stereocenters. The minimum Gasteiger partial charge on any atom is -0.288 e. The summed E-state index contributed by atoms with van der Waals surface area (Å²) < 4.78 is 0. The van der Waals surface area contributed by atoms with E-state index in [1.807, 2.05) is 6.07 Å². The van der Waals surface area contributed by atoms with Gasteiger partial charge in [0.05, 0.1) is 14.9 Å². The summed E-state index contributed by atoms with van der Waals surface area (Å²) in [7, 11) is 0. The smallest absolute Gasteiger partial charge is 0.203 e. The van der Waals surface area contributed by atoms with Crippen LogP contribution in [-0.2, 0) is 12.8 Å². The summed E-state index contributed by atoms with van der Waals surface area (Å²) in [6, 6.07) is 7.09. The minimum atomic E-state index is 0.0398. The fourth-order valence-corrected chi connectivity index (χ4v) is 3.90. The van der Waals surface area contributed by atoms with Crippen molar-refractivity contribution in [1.82, 2.24) is 0 Å². The van der Waals surface area contributed by atoms with Crippen molar-refractivity contribution >= 4 is 40.3 Å². The molecule has 0 saturated carbocycles. The molecule has 0 atom stereocenters. The molecule has 0 spiro atoms. The van der Waals surface area contributed by atoms with Crippen molar-refractivity contribution in [2.75, 3.05) is 0 Å². The van der Waals surface area contributed by atoms with Gasteiger partial charge in [0, 0.05) is 10.4 Å². The molecule has 0 saturated heterocycles. The van der Waals surface area contributed by atoms with Crippen LogP contribution in [0.2, 0.25) is 10.0 Å². The van der Waals surface area contributed by atoms with Gasteiger partial charge in [-0.3, -0.25) is 4.79 Å². The molecule has 0 aliphatic heterocycles. The van der Waals surface area contributed by atoms with Crippen LogP contribution in [0.1, 0.15) is 38.5 Å². The van der Waals surface area contributed by atoms with Gasteiger partial charge >= 0.3 is 0 Å². The number of rotatable bonds is 2. The number of hydrogen-bond donors (Lipinski definition) is 0. The molecule has 2 aromatic rings. The number of ketones is 1. The Morgan fingerprint density at radius 3 is 2.58 bits per heavy atom. The lowest BCUT2D eigenvalue weighted by molar-refractivity contribution is 0.104. The van der Waals surface area contributed by atoms with E-state index in [-0.39, 0.29) is 5.78 Å². The van der Waals surface area contributed by atoms with Gasteiger partial charge in [0.15, 0.2) is 0 Å². The highest BCUT2D eigenvalue weighted by molar-refractivity contribution is 7.14. The summed E-state index contributed by atoms with van der Waals surface area (Å²) in [5.74, 6) is 0.0398. The van der Waals surface area contributed by atoms with Crippen molar-refractivity contribution in [2.24, 2.45) is 0 Å². The van der Waals surface area contributed by atoms with Crippen molar-refractivity contribution in [3.05, 3.63) is 55.2 Å². The number of aryl methyl sites for hydroxylation is 2. The molecular formula is C15H12Cl2OS. The van der Waals surface area contributed by atoms with E-state index in [1.54, 1.807) is 29.5 Å². The third-order valence-electron chi connectivity index (χ3n) is 3.40. The van der Waals surface area contributed by atoms with Crippen LogP contribution in [0.3, 0.4) is 0 Å². The first-order valence-electron chi connectivity index (χ1n) is 6.26. The second-order valence-electron chi connectivity index (χ2n) is 4.72. The molecule has 0 N–H and O–H groups in total. The Hall–Kier alpha value is -0.830. The highest BCUT2D eigenvalue weighted by atomic mass is 35.5. The molecule has 19 heavy (non-hydrogen) atoms. The highest BCUT2D eigenvalue weighted by Gasteiger charge is 2.18. The van der Waals surface area contributed by atoms with Gasteiger partial charge in [-0.2, -0.15) is 0 Å². The zero-order valence-corrected chi connectivity index (χ0v) is 12.5. The number of halogens is 2. The molecule has 0 amide bonds. The Morgan fingerprint density at radius 1 is 1.05 bits per heavy atom. The highest BCUT2D eigenvalue weighted by Crippen LogP contribution is 2.32. The van der Waals surface area contributed by atoms with Gasteiger partial charge in [0.2, 0.25) is 5.78 Å². The molecule has 98 valence electrons. The number of carbonyl (C=O) groups is 1. The molecular weight excluding hydrogens is 299 g/mol. The lowest BCUT2D eigenvalue weighted by atomic mass is 9.98. The Balaban J connectivity index is 1.95. The van der Waals surface area contributed by atoms with E-state index in [2.05, 4.69) is 0 Å². The first-order valence-corrected chi connectivity index (χ1v) is 7.84. The first kappa shape index (κ1) is 13.2. The molecule has 0 bridgehead atoms. The van der Waals surface area contributed by atoms with E-state index in [0.29, 0.717) is 15.6 Å². The maximum Gasteiger partial charge on any atom is 0.203 e. The molecule has 0 fully saturated rings. The van der Waals surface area contributed by atoms with Crippen molar-refractivity contribution in [3.8, 4) is 0 Å². The van der Waals surface area contributed by atoms with E-state index < -0.39 is 0 Å². The SMILES string of the molecule is O=C(c1ccc(Cl)c(Cl)c1)c1cc2c(s1)CCCC2. The quantitative estimate of drug-likeness (QED) is 0.700. The molecule has 3 rings (SSSR count). The predicted molar refractivity (Wildman–Crippen MR) is 80.9 cm³/mol. The first-order chi connectivity index (χ1) is 9.15. The third-order valence-corrected chi connectivity index (χ3v) is 5.38. The number of carbonyl (C=O) groups excluding carboxylic acids is 1. The van der Waals surface area contributed by atoms with Crippen LogP contribution < -0.4 is 0 Å². The van der Waals surface area contributed by atoms with Crippen LogP contribution in [0.25, 0.3) is 0 Å². The van der Waals surface area contributed by atoms with Crippen molar-refractivity contribution < 1.29 is 4.79 Å². The molecule has 1 aromatic carbocycles. The van der Waals surface area contributed by atoms with Crippen molar-refractivity contribution in [1.29, 1.82) is 0 Å². The Labute approximate surface area is 126 Å². The standard InChI is InChI=1S/C15H12Cl2OS/c16-11-6-5-10(7-12(11)17)15(18)14-8-9-3-1-2-4-13(9)19-14/h5-8H,1-4H2. The van der Waals surface area contributed by atoms with Crippen molar-refractivity contribution in [3.63, 3.8) is 0 Å². The maximum atomic E-state index is 12.4. The van der Waals surface area contributed by atoms with Crippen molar-refractivity contribution in [2.45, 2.75) is 25.7 Å². The number of benzene rings is 1. The average molecular weight is 311 g/mol. The van der Waals surface area contributed by atoms with E-state index in [9.17, 15) is 4.79 Å². The largest absolute Gasteiger partial charge is 0.288 e. The van der Waals surface area contributed by atoms with Crippen LogP contribution in [0.15, 0.2) is 24.3 Å². The van der Waals surface area contributed by atoms with Gasteiger partial charge in [-0.1, -0.05) is 23.2 Å². The summed E-state index contributed by atoms with van der Waals surface area (Å²) in [6.07, 6.45) is 4.66. The van der Waals surface area contributed by atoms with E-state index in [1.165, 1.54) is 23.3 Å². The maximum absolute atomic E-state index is 12.4. The Morgan fingerprint density at radius 2 is 1.84 bits per heavy atom. The van der Waals surface area contributed by atoms with Gasteiger partial charge < -0.3 is 0 Å². The lowest BCUT2D eigenvalue weighted by Gasteiger charge is -2.08. The fraction of sp³-hybridized carbons (Fsp3) is 0.267. The third kappa shape index (κ3) is 2.58. The zero-order valence-electron chi connectivity index (χ0n) is 10.2. The molecule has 0 radical (unpaired) electrons. The van der Waals surface area contributed by atoms with E-state index >= 15 is 0 Å². The van der Waals surface area contributed by atoms with Gasteiger partial charge in [-0.05, 0) is 55.5 Å². The van der Waals surface area contributed by atoms with E-state index in [0.717, 1.165) is 17.7 Å². The summed E-state index contributed by atoms with van der Waals surface area (Å²) in [5, 5.41) is 0.900. The Bertz CT molecular complexity index is 622. The van der Waals surface area contributed by atoms with Gasteiger partial charge in [0.1, 0.15) is 0 Å². The lowest BCUT2D eigenvalue weighted by Crippen LogP contribution is -1.98. The second kappa shape index (κ2) is 5.28. The average Bonchev–Trinajstić information content (AvgIpc) is 2.85. The molecule has 1 aliphatic rings. The fourth-order valence-electron chi connectivity index (χ4n) is 2.38. The summed E-state index contributed by atoms with van der Waals surface area (Å²) in [4.78, 5) is 14.6. The summed E-state index contributed by atoms with van der Waals surface area (Å²) in [5.41, 5.74) is 1.95. The van der Waals surface area contributed by atoms with Crippen LogP contribution in [0, 0.1) is 0 Å². The van der Waals surface area contributed by atoms with Crippen LogP contribution in [0.4, 0.5) is 0 Å². The van der Waals surface area contributed by atoms with Crippen LogP contribution >= 0.6 is 34.5 Å². The normalized spacial score (nSPS) is 14.2. The monoisotopic (exact) mass is 310 g/mol. The molecule has 1 aromatic heterocycles. The molecule has 1 heterocycles. The van der Waals surface area contributed by atoms with Gasteiger partial charge in [-0.15, -0.1) is 11.3 Å². The molecule has 4 heteroatoms. The molecule has 1 aliphatic carbocycles. The molecule has 1 nitrogen and oxygen atoms in total. The predicted octanol–water partition coefficient (Wildman–Crippen LogP) is 5.16. The summed E-state index contributed by atoms with van der Waals surface area (Å²) in [6.45, 7) is 0. The van der Waals surface area contributed by atoms with E-state index in [4.69, 9.17) is 23.2 Å². The van der Waals surface area contributed by atoms with Gasteiger partial charge in [0.25, 0.3) is 0 Å². The Kier molecular flexibility index (Phi) is 3.66. The second-order valence-corrected chi connectivity index (χ2v) is 6.68. The van der Waals surface area contributed by atoms with Crippen LogP contribution in [0.5, 0.6) is 0 Å². The minimum absolute atomic E-state index is 0.0398. The van der Waals surface area contributed by atoms with Gasteiger partial charge in [-0.25, -0.2) is 0 Å². The number of thiophene rings is 1. The summed E-state index contributed by atoms with van der Waals surface area (Å²) >= 11 is 13.5. The number of hydrogen-bond acceptors (Lipinski definition) is 2. The number of fused-ring (bicyclic) bond motifs is 1. The zero-order chi connectivity index (χ0) is 13.4. The van der Waals surface area contributed by atoms with Crippen LogP contribution in [-0.4, -0.2) is 5.78 Å². The topological polar surface area (TPSA) is 17.1 Å².